The van der Waals surface area contributed by atoms with Crippen LogP contribution in [-0.2, 0) is 4.74 Å². The lowest BCUT2D eigenvalue weighted by atomic mass is 9.87. The van der Waals surface area contributed by atoms with Gasteiger partial charge in [0.15, 0.2) is 0 Å². The molecule has 2 aliphatic heterocycles. The van der Waals surface area contributed by atoms with E-state index in [1.165, 1.54) is 5.56 Å². The molecule has 1 amide bonds. The van der Waals surface area contributed by atoms with Gasteiger partial charge in [-0.1, -0.05) is 42.5 Å². The van der Waals surface area contributed by atoms with E-state index < -0.39 is 11.8 Å². The number of nitrogens with zero attached hydrogens (tertiary/aromatic N) is 1. The second kappa shape index (κ2) is 9.66. The van der Waals surface area contributed by atoms with Crippen LogP contribution < -0.4 is 9.47 Å². The second-order valence-electron chi connectivity index (χ2n) is 8.72. The third-order valence-corrected chi connectivity index (χ3v) is 6.46. The highest BCUT2D eigenvalue weighted by atomic mass is 16.7. The zero-order valence-corrected chi connectivity index (χ0v) is 19.6. The molecule has 6 nitrogen and oxygen atoms in total. The van der Waals surface area contributed by atoms with E-state index in [2.05, 4.69) is 36.4 Å². The van der Waals surface area contributed by atoms with Gasteiger partial charge in [0.05, 0.1) is 6.61 Å². The van der Waals surface area contributed by atoms with Crippen molar-refractivity contribution in [3.63, 3.8) is 0 Å². The van der Waals surface area contributed by atoms with Gasteiger partial charge in [0, 0.05) is 37.1 Å². The van der Waals surface area contributed by atoms with Crippen molar-refractivity contribution < 1.29 is 23.8 Å². The molecule has 0 aromatic heterocycles. The van der Waals surface area contributed by atoms with E-state index in [1.807, 2.05) is 29.2 Å². The largest absolute Gasteiger partial charge is 0.513 e. The maximum Gasteiger partial charge on any atom is 0.513 e. The van der Waals surface area contributed by atoms with E-state index in [0.29, 0.717) is 24.4 Å². The van der Waals surface area contributed by atoms with E-state index in [-0.39, 0.29) is 12.5 Å². The van der Waals surface area contributed by atoms with Crippen molar-refractivity contribution >= 4 is 18.1 Å². The van der Waals surface area contributed by atoms with Crippen LogP contribution in [0, 0.1) is 0 Å². The number of carbonyl (C=O) groups is 2. The van der Waals surface area contributed by atoms with Crippen LogP contribution in [0.1, 0.15) is 35.7 Å². The fraction of sp³-hybridized carbons (Fsp3) is 0.241. The van der Waals surface area contributed by atoms with Gasteiger partial charge in [-0.15, -0.1) is 0 Å². The van der Waals surface area contributed by atoms with E-state index in [1.54, 1.807) is 31.2 Å². The quantitative estimate of drug-likeness (QED) is 0.348. The number of rotatable bonds is 4. The summed E-state index contributed by atoms with van der Waals surface area (Å²) in [5.74, 6) is 1.17. The lowest BCUT2D eigenvalue weighted by Crippen LogP contribution is -2.49. The molecule has 2 heterocycles. The summed E-state index contributed by atoms with van der Waals surface area (Å²) in [5.41, 5.74) is 3.57. The van der Waals surface area contributed by atoms with Crippen molar-refractivity contribution in [2.75, 3.05) is 19.7 Å². The summed E-state index contributed by atoms with van der Waals surface area (Å²) in [6.07, 6.45) is 4.97. The predicted molar refractivity (Wildman–Crippen MR) is 134 cm³/mol. The molecular weight excluding hydrogens is 442 g/mol. The summed E-state index contributed by atoms with van der Waals surface area (Å²) in [6.45, 7) is 3.15. The summed E-state index contributed by atoms with van der Waals surface area (Å²) >= 11 is 0. The first-order valence-corrected chi connectivity index (χ1v) is 11.9. The zero-order chi connectivity index (χ0) is 24.3. The zero-order valence-electron chi connectivity index (χ0n) is 19.6. The third kappa shape index (κ3) is 4.92. The average molecular weight is 470 g/mol. The molecular formula is C29H27NO5. The first-order valence-electron chi connectivity index (χ1n) is 11.9. The standard InChI is InChI=1S/C29H27NO5/c1-2-33-28(32)34-25-11-8-22(9-12-25)27(31)30-18-16-29(17-19-30)15-14-24-20-23(10-13-26(24)35-29)21-6-4-3-5-7-21/h3-15,20H,2,16-19H2,1H3. The maximum atomic E-state index is 13.0. The molecule has 0 unspecified atom stereocenters. The number of hydrogen-bond acceptors (Lipinski definition) is 5. The summed E-state index contributed by atoms with van der Waals surface area (Å²) in [7, 11) is 0. The SMILES string of the molecule is CCOC(=O)Oc1ccc(C(=O)N2CCC3(C=Cc4cc(-c5ccccc5)ccc4O3)CC2)cc1. The fourth-order valence-corrected chi connectivity index (χ4v) is 4.53. The molecule has 5 rings (SSSR count). The molecule has 6 heteroatoms. The monoisotopic (exact) mass is 469 g/mol. The van der Waals surface area contributed by atoms with Crippen molar-refractivity contribution in [3.8, 4) is 22.6 Å². The molecule has 0 N–H and O–H groups in total. The molecule has 1 saturated heterocycles. The third-order valence-electron chi connectivity index (χ3n) is 6.46. The Morgan fingerprint density at radius 3 is 2.40 bits per heavy atom. The van der Waals surface area contributed by atoms with Crippen molar-refractivity contribution in [2.24, 2.45) is 0 Å². The van der Waals surface area contributed by atoms with E-state index in [0.717, 1.165) is 29.7 Å². The highest BCUT2D eigenvalue weighted by molar-refractivity contribution is 5.94. The Labute approximate surface area is 204 Å². The topological polar surface area (TPSA) is 65.1 Å². The summed E-state index contributed by atoms with van der Waals surface area (Å²) in [4.78, 5) is 26.3. The van der Waals surface area contributed by atoms with Crippen LogP contribution in [0.2, 0.25) is 0 Å². The Balaban J connectivity index is 1.21. The Morgan fingerprint density at radius 2 is 1.69 bits per heavy atom. The normalized spacial score (nSPS) is 15.7. The Bertz CT molecular complexity index is 1240. The van der Waals surface area contributed by atoms with Gasteiger partial charge in [0.2, 0.25) is 0 Å². The Hall–Kier alpha value is -4.06. The lowest BCUT2D eigenvalue weighted by Gasteiger charge is -2.42. The highest BCUT2D eigenvalue weighted by Crippen LogP contribution is 2.39. The van der Waals surface area contributed by atoms with Crippen LogP contribution >= 0.6 is 0 Å². The minimum atomic E-state index is -0.758. The summed E-state index contributed by atoms with van der Waals surface area (Å²) in [6, 6.07) is 23.1. The van der Waals surface area contributed by atoms with Crippen molar-refractivity contribution in [1.29, 1.82) is 0 Å². The predicted octanol–water partition coefficient (Wildman–Crippen LogP) is 5.97. The molecule has 0 aliphatic carbocycles. The van der Waals surface area contributed by atoms with Crippen LogP contribution in [0.15, 0.2) is 78.9 Å². The molecule has 178 valence electrons. The second-order valence-corrected chi connectivity index (χ2v) is 8.72. The van der Waals surface area contributed by atoms with Crippen LogP contribution in [-0.4, -0.2) is 42.3 Å². The van der Waals surface area contributed by atoms with Crippen LogP contribution in [0.3, 0.4) is 0 Å². The fourth-order valence-electron chi connectivity index (χ4n) is 4.53. The molecule has 35 heavy (non-hydrogen) atoms. The van der Waals surface area contributed by atoms with Gasteiger partial charge in [-0.2, -0.15) is 0 Å². The smallest absolute Gasteiger partial charge is 0.482 e. The number of hydrogen-bond donors (Lipinski definition) is 0. The number of likely N-dealkylation sites (tertiary alicyclic amines) is 1. The van der Waals surface area contributed by atoms with Gasteiger partial charge in [0.1, 0.15) is 17.1 Å². The molecule has 3 aromatic rings. The van der Waals surface area contributed by atoms with Gasteiger partial charge in [-0.05, 0) is 60.5 Å². The summed E-state index contributed by atoms with van der Waals surface area (Å²) < 4.78 is 16.3. The molecule has 2 aliphatic rings. The first kappa shape index (κ1) is 22.7. The Morgan fingerprint density at radius 1 is 0.943 bits per heavy atom. The maximum absolute atomic E-state index is 13.0. The average Bonchev–Trinajstić information content (AvgIpc) is 2.89. The number of fused-ring (bicyclic) bond motifs is 1. The lowest BCUT2D eigenvalue weighted by molar-refractivity contribution is 0.0329. The minimum absolute atomic E-state index is 0.0461. The van der Waals surface area contributed by atoms with Crippen LogP contribution in [0.5, 0.6) is 11.5 Å². The number of amides is 1. The molecule has 0 bridgehead atoms. The van der Waals surface area contributed by atoms with E-state index in [9.17, 15) is 9.59 Å². The van der Waals surface area contributed by atoms with Gasteiger partial charge < -0.3 is 19.1 Å². The molecule has 0 radical (unpaired) electrons. The van der Waals surface area contributed by atoms with Crippen molar-refractivity contribution in [1.82, 2.24) is 4.90 Å². The molecule has 0 saturated carbocycles. The Kier molecular flexibility index (Phi) is 6.27. The van der Waals surface area contributed by atoms with Gasteiger partial charge in [0.25, 0.3) is 5.91 Å². The molecule has 3 aromatic carbocycles. The van der Waals surface area contributed by atoms with Gasteiger partial charge in [-0.3, -0.25) is 4.79 Å². The molecule has 1 spiro atoms. The summed E-state index contributed by atoms with van der Waals surface area (Å²) in [5, 5.41) is 0. The number of carbonyl (C=O) groups excluding carboxylic acids is 2. The van der Waals surface area contributed by atoms with Gasteiger partial charge >= 0.3 is 6.16 Å². The van der Waals surface area contributed by atoms with E-state index in [4.69, 9.17) is 14.2 Å². The van der Waals surface area contributed by atoms with E-state index >= 15 is 0 Å². The van der Waals surface area contributed by atoms with Crippen molar-refractivity contribution in [3.05, 3.63) is 90.0 Å². The van der Waals surface area contributed by atoms with Gasteiger partial charge in [-0.25, -0.2) is 4.79 Å². The number of ether oxygens (including phenoxy) is 3. The molecule has 0 atom stereocenters. The number of benzene rings is 3. The minimum Gasteiger partial charge on any atom is -0.482 e. The first-order chi connectivity index (χ1) is 17.0. The highest BCUT2D eigenvalue weighted by Gasteiger charge is 2.38. The van der Waals surface area contributed by atoms with Crippen molar-refractivity contribution in [2.45, 2.75) is 25.4 Å². The van der Waals surface area contributed by atoms with Crippen LogP contribution in [0.4, 0.5) is 4.79 Å². The molecule has 1 fully saturated rings. The number of piperidine rings is 1. The van der Waals surface area contributed by atoms with Crippen LogP contribution in [0.25, 0.3) is 17.2 Å².